The highest BCUT2D eigenvalue weighted by Gasteiger charge is 2.31. The number of rotatable bonds is 3. The van der Waals surface area contributed by atoms with E-state index in [1.165, 1.54) is 12.8 Å². The fourth-order valence-corrected chi connectivity index (χ4v) is 5.01. The summed E-state index contributed by atoms with van der Waals surface area (Å²) in [6, 6.07) is 0.134. The Labute approximate surface area is 124 Å². The Morgan fingerprint density at radius 3 is 2.67 bits per heavy atom. The Morgan fingerprint density at radius 1 is 1.33 bits per heavy atom. The molecule has 1 aliphatic carbocycles. The molecule has 7 heteroatoms. The second-order valence-corrected chi connectivity index (χ2v) is 8.33. The summed E-state index contributed by atoms with van der Waals surface area (Å²) in [5.74, 6) is 0.242. The van der Waals surface area contributed by atoms with Gasteiger partial charge in [0.25, 0.3) is 5.91 Å². The first kappa shape index (κ1) is 14.6. The lowest BCUT2D eigenvalue weighted by atomic mass is 10.2. The largest absolute Gasteiger partial charge is 0.349 e. The van der Waals surface area contributed by atoms with Crippen LogP contribution < -0.4 is 5.32 Å². The van der Waals surface area contributed by atoms with Gasteiger partial charge >= 0.3 is 0 Å². The summed E-state index contributed by atoms with van der Waals surface area (Å²) in [6.45, 7) is 1.83. The van der Waals surface area contributed by atoms with E-state index in [1.54, 1.807) is 10.9 Å². The summed E-state index contributed by atoms with van der Waals surface area (Å²) in [5, 5.41) is 7.30. The zero-order valence-corrected chi connectivity index (χ0v) is 13.0. The van der Waals surface area contributed by atoms with Crippen LogP contribution >= 0.6 is 0 Å². The topological polar surface area (TPSA) is 81.1 Å². The monoisotopic (exact) mass is 311 g/mol. The van der Waals surface area contributed by atoms with Gasteiger partial charge < -0.3 is 5.32 Å². The van der Waals surface area contributed by atoms with Crippen molar-refractivity contribution in [2.24, 2.45) is 0 Å². The highest BCUT2D eigenvalue weighted by Crippen LogP contribution is 2.25. The quantitative estimate of drug-likeness (QED) is 0.910. The van der Waals surface area contributed by atoms with Crippen LogP contribution in [0.5, 0.6) is 0 Å². The minimum absolute atomic E-state index is 0.0912. The third-order valence-electron chi connectivity index (χ3n) is 4.53. The van der Waals surface area contributed by atoms with Crippen molar-refractivity contribution in [2.75, 3.05) is 11.5 Å². The van der Waals surface area contributed by atoms with E-state index in [0.29, 0.717) is 12.0 Å². The van der Waals surface area contributed by atoms with Crippen molar-refractivity contribution >= 4 is 15.7 Å². The molecule has 2 aliphatic rings. The molecule has 21 heavy (non-hydrogen) atoms. The number of hydrogen-bond donors (Lipinski definition) is 1. The summed E-state index contributed by atoms with van der Waals surface area (Å²) in [7, 11) is -2.95. The van der Waals surface area contributed by atoms with Crippen LogP contribution in [0.4, 0.5) is 0 Å². The van der Waals surface area contributed by atoms with Gasteiger partial charge in [0.1, 0.15) is 0 Å². The predicted molar refractivity (Wildman–Crippen MR) is 79.0 cm³/mol. The molecule has 2 heterocycles. The second kappa shape index (κ2) is 5.44. The van der Waals surface area contributed by atoms with Crippen LogP contribution in [0.25, 0.3) is 0 Å². The average molecular weight is 311 g/mol. The van der Waals surface area contributed by atoms with Crippen LogP contribution in [0.2, 0.25) is 0 Å². The fraction of sp³-hybridized carbons (Fsp3) is 0.714. The summed E-state index contributed by atoms with van der Waals surface area (Å²) in [4.78, 5) is 12.3. The summed E-state index contributed by atoms with van der Waals surface area (Å²) < 4.78 is 24.9. The maximum absolute atomic E-state index is 12.3. The predicted octanol–water partition coefficient (Wildman–Crippen LogP) is 1.22. The maximum Gasteiger partial charge on any atom is 0.254 e. The molecule has 1 aromatic heterocycles. The summed E-state index contributed by atoms with van der Waals surface area (Å²) >= 11 is 0. The molecular formula is C14H21N3O3S. The van der Waals surface area contributed by atoms with Gasteiger partial charge in [-0.3, -0.25) is 9.48 Å². The molecule has 1 aliphatic heterocycles. The van der Waals surface area contributed by atoms with Gasteiger partial charge in [0.2, 0.25) is 0 Å². The number of carbonyl (C=O) groups excluding carboxylic acids is 1. The molecule has 6 nitrogen and oxygen atoms in total. The number of amides is 1. The smallest absolute Gasteiger partial charge is 0.254 e. The highest BCUT2D eigenvalue weighted by molar-refractivity contribution is 7.91. The molecule has 116 valence electrons. The van der Waals surface area contributed by atoms with Gasteiger partial charge in [-0.2, -0.15) is 5.10 Å². The number of nitrogens with one attached hydrogen (secondary N) is 1. The van der Waals surface area contributed by atoms with E-state index < -0.39 is 9.84 Å². The van der Waals surface area contributed by atoms with E-state index in [0.717, 1.165) is 18.5 Å². The van der Waals surface area contributed by atoms with Crippen molar-refractivity contribution in [3.63, 3.8) is 0 Å². The minimum atomic E-state index is -2.95. The van der Waals surface area contributed by atoms with Crippen molar-refractivity contribution < 1.29 is 13.2 Å². The van der Waals surface area contributed by atoms with Gasteiger partial charge in [0, 0.05) is 11.7 Å². The Kier molecular flexibility index (Phi) is 3.77. The van der Waals surface area contributed by atoms with Gasteiger partial charge in [-0.25, -0.2) is 8.42 Å². The van der Waals surface area contributed by atoms with Gasteiger partial charge in [-0.05, 0) is 26.2 Å². The molecule has 0 spiro atoms. The van der Waals surface area contributed by atoms with Crippen molar-refractivity contribution in [1.82, 2.24) is 15.1 Å². The molecule has 1 saturated heterocycles. The van der Waals surface area contributed by atoms with Crippen molar-refractivity contribution in [3.05, 3.63) is 17.5 Å². The zero-order chi connectivity index (χ0) is 15.0. The van der Waals surface area contributed by atoms with Crippen molar-refractivity contribution in [3.8, 4) is 0 Å². The van der Waals surface area contributed by atoms with E-state index >= 15 is 0 Å². The standard InChI is InChI=1S/C14H21N3O3S/c1-10-13(14(18)16-11-4-2-3-5-11)8-15-17(10)12-6-7-21(19,20)9-12/h8,11-12H,2-7,9H2,1H3,(H,16,18)/t12-/m0/s1. The Morgan fingerprint density at radius 2 is 2.05 bits per heavy atom. The van der Waals surface area contributed by atoms with Crippen LogP contribution in [0.15, 0.2) is 6.20 Å². The number of hydrogen-bond acceptors (Lipinski definition) is 4. The van der Waals surface area contributed by atoms with Crippen LogP contribution in [0.3, 0.4) is 0 Å². The van der Waals surface area contributed by atoms with Crippen LogP contribution in [-0.2, 0) is 9.84 Å². The Hall–Kier alpha value is -1.37. The SMILES string of the molecule is Cc1c(C(=O)NC2CCCC2)cnn1[C@H]1CCS(=O)(=O)C1. The van der Waals surface area contributed by atoms with E-state index in [1.807, 2.05) is 6.92 Å². The highest BCUT2D eigenvalue weighted by atomic mass is 32.2. The first-order valence-electron chi connectivity index (χ1n) is 7.52. The molecule has 0 unspecified atom stereocenters. The first-order chi connectivity index (χ1) is 9.96. The summed E-state index contributed by atoms with van der Waals surface area (Å²) in [5.41, 5.74) is 1.32. The maximum atomic E-state index is 12.3. The third kappa shape index (κ3) is 2.97. The summed E-state index contributed by atoms with van der Waals surface area (Å²) in [6.07, 6.45) is 6.56. The molecule has 2 fully saturated rings. The first-order valence-corrected chi connectivity index (χ1v) is 9.34. The van der Waals surface area contributed by atoms with E-state index in [-0.39, 0.29) is 29.5 Å². The Balaban J connectivity index is 1.74. The average Bonchev–Trinajstić information content (AvgIpc) is 3.10. The number of aromatic nitrogens is 2. The van der Waals surface area contributed by atoms with Crippen LogP contribution in [0, 0.1) is 6.92 Å². The van der Waals surface area contributed by atoms with Gasteiger partial charge in [0.05, 0.1) is 29.3 Å². The number of sulfone groups is 1. The lowest BCUT2D eigenvalue weighted by Gasteiger charge is -2.13. The van der Waals surface area contributed by atoms with Crippen molar-refractivity contribution in [1.29, 1.82) is 0 Å². The second-order valence-electron chi connectivity index (χ2n) is 6.10. The van der Waals surface area contributed by atoms with E-state index in [4.69, 9.17) is 0 Å². The molecule has 1 saturated carbocycles. The molecular weight excluding hydrogens is 290 g/mol. The lowest BCUT2D eigenvalue weighted by molar-refractivity contribution is 0.0937. The molecule has 1 atom stereocenters. The normalized spacial score (nSPS) is 25.3. The molecule has 0 bridgehead atoms. The van der Waals surface area contributed by atoms with E-state index in [2.05, 4.69) is 10.4 Å². The molecule has 3 rings (SSSR count). The van der Waals surface area contributed by atoms with E-state index in [9.17, 15) is 13.2 Å². The third-order valence-corrected chi connectivity index (χ3v) is 6.28. The van der Waals surface area contributed by atoms with Crippen LogP contribution in [0.1, 0.15) is 54.2 Å². The number of carbonyl (C=O) groups is 1. The molecule has 1 amide bonds. The van der Waals surface area contributed by atoms with Gasteiger partial charge in [0.15, 0.2) is 9.84 Å². The van der Waals surface area contributed by atoms with Gasteiger partial charge in [-0.15, -0.1) is 0 Å². The van der Waals surface area contributed by atoms with Crippen LogP contribution in [-0.4, -0.2) is 41.7 Å². The lowest BCUT2D eigenvalue weighted by Crippen LogP contribution is -2.32. The Bertz CT molecular complexity index is 644. The molecule has 0 radical (unpaired) electrons. The number of nitrogens with zero attached hydrogens (tertiary/aromatic N) is 2. The van der Waals surface area contributed by atoms with Crippen molar-refractivity contribution in [2.45, 2.75) is 51.1 Å². The molecule has 0 aromatic carbocycles. The fourth-order valence-electron chi connectivity index (χ4n) is 3.32. The molecule has 1 aromatic rings. The zero-order valence-electron chi connectivity index (χ0n) is 12.2. The minimum Gasteiger partial charge on any atom is -0.349 e. The van der Waals surface area contributed by atoms with Gasteiger partial charge in [-0.1, -0.05) is 12.8 Å². The molecule has 1 N–H and O–H groups in total.